The fraction of sp³-hybridized carbons (Fsp3) is 1.00. The molecule has 4 heteroatoms. The Hall–Kier alpha value is 0.230. The molecule has 0 saturated heterocycles. The van der Waals surface area contributed by atoms with Crippen LogP contribution in [-0.2, 0) is 4.74 Å². The van der Waals surface area contributed by atoms with Crippen LogP contribution in [0.3, 0.4) is 0 Å². The fourth-order valence-corrected chi connectivity index (χ4v) is 4.50. The second kappa shape index (κ2) is 9.39. The molecule has 5 unspecified atom stereocenters. The van der Waals surface area contributed by atoms with Crippen LogP contribution in [0.15, 0.2) is 0 Å². The summed E-state index contributed by atoms with van der Waals surface area (Å²) in [5.74, 6) is 0.652. The Morgan fingerprint density at radius 3 is 2.76 bits per heavy atom. The predicted octanol–water partition coefficient (Wildman–Crippen LogP) is 3.21. The molecule has 0 bridgehead atoms. The van der Waals surface area contributed by atoms with Crippen molar-refractivity contribution in [2.45, 2.75) is 81.8 Å². The van der Waals surface area contributed by atoms with Gasteiger partial charge in [-0.2, -0.15) is 11.8 Å². The lowest BCUT2D eigenvalue weighted by Gasteiger charge is -2.31. The summed E-state index contributed by atoms with van der Waals surface area (Å²) in [6.45, 7) is 3.44. The zero-order valence-electron chi connectivity index (χ0n) is 13.7. The number of hydrogen-bond donors (Lipinski definition) is 2. The second-order valence-electron chi connectivity index (χ2n) is 6.92. The van der Waals surface area contributed by atoms with E-state index in [4.69, 9.17) is 4.74 Å². The van der Waals surface area contributed by atoms with Crippen LogP contribution in [0, 0.1) is 5.92 Å². The minimum absolute atomic E-state index is 0.365. The Morgan fingerprint density at radius 1 is 1.19 bits per heavy atom. The molecule has 21 heavy (non-hydrogen) atoms. The molecule has 0 heterocycles. The topological polar surface area (TPSA) is 41.5 Å². The maximum Gasteiger partial charge on any atom is 0.0897 e. The zero-order valence-corrected chi connectivity index (χ0v) is 14.5. The first kappa shape index (κ1) is 17.6. The molecule has 2 rings (SSSR count). The van der Waals surface area contributed by atoms with Gasteiger partial charge >= 0.3 is 0 Å². The molecule has 0 amide bonds. The van der Waals surface area contributed by atoms with Crippen molar-refractivity contribution in [1.29, 1.82) is 0 Å². The van der Waals surface area contributed by atoms with Crippen LogP contribution in [-0.4, -0.2) is 48.0 Å². The molecule has 0 aromatic rings. The molecule has 3 nitrogen and oxygen atoms in total. The van der Waals surface area contributed by atoms with E-state index in [1.54, 1.807) is 0 Å². The first-order valence-electron chi connectivity index (χ1n) is 8.75. The van der Waals surface area contributed by atoms with Crippen LogP contribution in [0.5, 0.6) is 0 Å². The molecule has 0 spiro atoms. The Balaban J connectivity index is 1.59. The summed E-state index contributed by atoms with van der Waals surface area (Å²) in [7, 11) is 0. The average molecular weight is 316 g/mol. The standard InChI is InChI=1S/C17H33NO2S/c1-13-6-3-4-9-17(13)20-12-15(19)11-18-14-7-5-8-16(10-14)21-2/h13-19H,3-12H2,1-2H3. The van der Waals surface area contributed by atoms with E-state index in [9.17, 15) is 5.11 Å². The SMILES string of the molecule is CSC1CCCC(NCC(O)COC2CCCCC2C)C1. The number of hydrogen-bond acceptors (Lipinski definition) is 4. The fourth-order valence-electron chi connectivity index (χ4n) is 3.67. The maximum atomic E-state index is 10.1. The van der Waals surface area contributed by atoms with Gasteiger partial charge in [-0.1, -0.05) is 26.2 Å². The van der Waals surface area contributed by atoms with Crippen molar-refractivity contribution in [2.75, 3.05) is 19.4 Å². The third kappa shape index (κ3) is 6.09. The van der Waals surface area contributed by atoms with Gasteiger partial charge in [0.25, 0.3) is 0 Å². The Kier molecular flexibility index (Phi) is 7.86. The van der Waals surface area contributed by atoms with E-state index < -0.39 is 0 Å². The molecule has 2 fully saturated rings. The van der Waals surface area contributed by atoms with E-state index in [2.05, 4.69) is 18.5 Å². The minimum Gasteiger partial charge on any atom is -0.389 e. The van der Waals surface area contributed by atoms with Gasteiger partial charge < -0.3 is 15.2 Å². The largest absolute Gasteiger partial charge is 0.389 e. The highest BCUT2D eigenvalue weighted by Crippen LogP contribution is 2.27. The first-order chi connectivity index (χ1) is 10.2. The summed E-state index contributed by atoms with van der Waals surface area (Å²) in [6.07, 6.45) is 12.4. The highest BCUT2D eigenvalue weighted by atomic mass is 32.2. The van der Waals surface area contributed by atoms with Gasteiger partial charge in [0.2, 0.25) is 0 Å². The van der Waals surface area contributed by atoms with E-state index in [-0.39, 0.29) is 6.10 Å². The van der Waals surface area contributed by atoms with Crippen LogP contribution in [0.1, 0.15) is 58.3 Å². The highest BCUT2D eigenvalue weighted by molar-refractivity contribution is 7.99. The van der Waals surface area contributed by atoms with Crippen LogP contribution in [0.2, 0.25) is 0 Å². The Morgan fingerprint density at radius 2 is 2.00 bits per heavy atom. The quantitative estimate of drug-likeness (QED) is 0.757. The zero-order chi connectivity index (χ0) is 15.1. The minimum atomic E-state index is -0.367. The summed E-state index contributed by atoms with van der Waals surface area (Å²) < 4.78 is 5.95. The summed E-state index contributed by atoms with van der Waals surface area (Å²) >= 11 is 1.99. The average Bonchev–Trinajstić information content (AvgIpc) is 2.52. The highest BCUT2D eigenvalue weighted by Gasteiger charge is 2.24. The van der Waals surface area contributed by atoms with E-state index in [1.807, 2.05) is 11.8 Å². The number of thioether (sulfide) groups is 1. The summed E-state index contributed by atoms with van der Waals surface area (Å²) in [6, 6.07) is 0.583. The number of aliphatic hydroxyl groups excluding tert-OH is 1. The normalized spacial score (nSPS) is 35.6. The van der Waals surface area contributed by atoms with Crippen LogP contribution < -0.4 is 5.32 Å². The van der Waals surface area contributed by atoms with Gasteiger partial charge in [-0.25, -0.2) is 0 Å². The van der Waals surface area contributed by atoms with Gasteiger partial charge in [0.15, 0.2) is 0 Å². The second-order valence-corrected chi connectivity index (χ2v) is 8.05. The number of aliphatic hydroxyl groups is 1. The van der Waals surface area contributed by atoms with Gasteiger partial charge in [0, 0.05) is 17.8 Å². The molecule has 0 aromatic heterocycles. The summed E-state index contributed by atoms with van der Waals surface area (Å²) in [5.41, 5.74) is 0. The van der Waals surface area contributed by atoms with Crippen molar-refractivity contribution in [3.63, 3.8) is 0 Å². The summed E-state index contributed by atoms with van der Waals surface area (Å²) in [5, 5.41) is 14.5. The number of ether oxygens (including phenoxy) is 1. The molecule has 0 radical (unpaired) electrons. The molecule has 5 atom stereocenters. The van der Waals surface area contributed by atoms with Gasteiger partial charge in [0.05, 0.1) is 18.8 Å². The lowest BCUT2D eigenvalue weighted by Crippen LogP contribution is -2.41. The van der Waals surface area contributed by atoms with E-state index >= 15 is 0 Å². The van der Waals surface area contributed by atoms with Gasteiger partial charge in [0.1, 0.15) is 0 Å². The number of rotatable bonds is 7. The summed E-state index contributed by atoms with van der Waals surface area (Å²) in [4.78, 5) is 0. The monoisotopic (exact) mass is 315 g/mol. The number of nitrogens with one attached hydrogen (secondary N) is 1. The van der Waals surface area contributed by atoms with E-state index in [0.717, 1.165) is 5.25 Å². The van der Waals surface area contributed by atoms with Gasteiger partial charge in [-0.05, 0) is 44.3 Å². The van der Waals surface area contributed by atoms with Crippen molar-refractivity contribution in [2.24, 2.45) is 5.92 Å². The van der Waals surface area contributed by atoms with Crippen molar-refractivity contribution < 1.29 is 9.84 Å². The van der Waals surface area contributed by atoms with Crippen molar-refractivity contribution in [3.8, 4) is 0 Å². The maximum absolute atomic E-state index is 10.1. The lowest BCUT2D eigenvalue weighted by atomic mass is 9.88. The smallest absolute Gasteiger partial charge is 0.0897 e. The van der Waals surface area contributed by atoms with Crippen molar-refractivity contribution in [1.82, 2.24) is 5.32 Å². The molecular weight excluding hydrogens is 282 g/mol. The molecule has 2 aliphatic carbocycles. The molecule has 2 N–H and O–H groups in total. The Bertz CT molecular complexity index is 290. The van der Waals surface area contributed by atoms with Crippen LogP contribution >= 0.6 is 11.8 Å². The lowest BCUT2D eigenvalue weighted by molar-refractivity contribution is -0.0457. The van der Waals surface area contributed by atoms with E-state index in [1.165, 1.54) is 51.4 Å². The predicted molar refractivity (Wildman–Crippen MR) is 90.9 cm³/mol. The van der Waals surface area contributed by atoms with Crippen molar-refractivity contribution >= 4 is 11.8 Å². The molecule has 0 aromatic carbocycles. The van der Waals surface area contributed by atoms with E-state index in [0.29, 0.717) is 31.2 Å². The third-order valence-electron chi connectivity index (χ3n) is 5.14. The van der Waals surface area contributed by atoms with Crippen LogP contribution in [0.4, 0.5) is 0 Å². The molecule has 2 saturated carbocycles. The van der Waals surface area contributed by atoms with Crippen LogP contribution in [0.25, 0.3) is 0 Å². The van der Waals surface area contributed by atoms with Gasteiger partial charge in [-0.3, -0.25) is 0 Å². The third-order valence-corrected chi connectivity index (χ3v) is 6.23. The first-order valence-corrected chi connectivity index (χ1v) is 10.0. The van der Waals surface area contributed by atoms with Crippen molar-refractivity contribution in [3.05, 3.63) is 0 Å². The Labute approximate surface area is 134 Å². The molecule has 124 valence electrons. The molecular formula is C17H33NO2S. The molecule has 2 aliphatic rings. The van der Waals surface area contributed by atoms with Gasteiger partial charge in [-0.15, -0.1) is 0 Å². The molecule has 0 aliphatic heterocycles.